The summed E-state index contributed by atoms with van der Waals surface area (Å²) in [5, 5.41) is 14.7. The number of carbonyl (C=O) groups is 3. The molecule has 1 aliphatic carbocycles. The normalized spacial score (nSPS) is 14.1. The number of rotatable bonds is 12. The molecule has 0 saturated carbocycles. The molecule has 3 N–H and O–H groups in total. The molecule has 0 aliphatic heterocycles. The molecular weight excluding hydrogens is 444 g/mol. The second kappa shape index (κ2) is 12.4. The molecular formula is C28H36N2O5. The Balaban J connectivity index is 1.60. The number of carboxylic acid groups (broad SMARTS) is 1. The smallest absolute Gasteiger partial charge is 0.407 e. The van der Waals surface area contributed by atoms with Crippen molar-refractivity contribution in [3.63, 3.8) is 0 Å². The average Bonchev–Trinajstić information content (AvgIpc) is 3.16. The number of benzene rings is 2. The van der Waals surface area contributed by atoms with E-state index >= 15 is 0 Å². The van der Waals surface area contributed by atoms with Crippen LogP contribution in [0.1, 0.15) is 63.5 Å². The van der Waals surface area contributed by atoms with Gasteiger partial charge < -0.3 is 20.5 Å². The molecule has 1 aliphatic rings. The number of ether oxygens (including phenoxy) is 1. The molecule has 0 bridgehead atoms. The highest BCUT2D eigenvalue weighted by Gasteiger charge is 2.30. The predicted molar refractivity (Wildman–Crippen MR) is 135 cm³/mol. The molecule has 0 radical (unpaired) electrons. The van der Waals surface area contributed by atoms with Crippen LogP contribution < -0.4 is 10.6 Å². The summed E-state index contributed by atoms with van der Waals surface area (Å²) in [4.78, 5) is 36.7. The highest BCUT2D eigenvalue weighted by Crippen LogP contribution is 2.44. The van der Waals surface area contributed by atoms with Gasteiger partial charge in [-0.15, -0.1) is 0 Å². The number of amides is 2. The third-order valence-corrected chi connectivity index (χ3v) is 6.72. The van der Waals surface area contributed by atoms with Crippen molar-refractivity contribution in [2.75, 3.05) is 13.2 Å². The van der Waals surface area contributed by atoms with Gasteiger partial charge in [-0.2, -0.15) is 0 Å². The first-order valence-electron chi connectivity index (χ1n) is 12.4. The number of alkyl carbamates (subject to hydrolysis) is 1. The Morgan fingerprint density at radius 1 is 1.00 bits per heavy atom. The van der Waals surface area contributed by atoms with Crippen LogP contribution >= 0.6 is 0 Å². The molecule has 1 unspecified atom stereocenters. The lowest BCUT2D eigenvalue weighted by Crippen LogP contribution is -2.48. The fraction of sp³-hybridized carbons (Fsp3) is 0.464. The Morgan fingerprint density at radius 2 is 1.60 bits per heavy atom. The predicted octanol–water partition coefficient (Wildman–Crippen LogP) is 4.95. The molecule has 0 saturated heterocycles. The van der Waals surface area contributed by atoms with E-state index < -0.39 is 18.1 Å². The molecule has 2 aromatic carbocycles. The van der Waals surface area contributed by atoms with Crippen LogP contribution in [0.4, 0.5) is 4.79 Å². The first-order chi connectivity index (χ1) is 16.8. The van der Waals surface area contributed by atoms with E-state index in [0.717, 1.165) is 35.1 Å². The second-order valence-electron chi connectivity index (χ2n) is 9.51. The van der Waals surface area contributed by atoms with E-state index in [1.807, 2.05) is 45.0 Å². The number of nitrogens with one attached hydrogen (secondary N) is 2. The summed E-state index contributed by atoms with van der Waals surface area (Å²) in [6.45, 7) is 6.31. The number of hydrogen-bond donors (Lipinski definition) is 3. The zero-order valence-electron chi connectivity index (χ0n) is 20.8. The Kier molecular flexibility index (Phi) is 9.29. The molecule has 0 heterocycles. The summed E-state index contributed by atoms with van der Waals surface area (Å²) < 4.78 is 5.61. The van der Waals surface area contributed by atoms with Crippen molar-refractivity contribution in [2.24, 2.45) is 11.8 Å². The standard InChI is InChI=1S/C28H36N2O5/c1-4-5-14-25(27(33)29-16-19(18(2)3)15-26(31)32)30-28(34)35-17-24-22-12-8-6-10-20(22)21-11-7-9-13-23(21)24/h6-13,18-19,24-25H,4-5,14-17H2,1-3H3,(H,29,33)(H,30,34)(H,31,32)/t19?,25-/m0/s1. The zero-order chi connectivity index (χ0) is 25.4. The number of aliphatic carboxylic acids is 1. The van der Waals surface area contributed by atoms with Gasteiger partial charge in [0.15, 0.2) is 0 Å². The lowest BCUT2D eigenvalue weighted by molar-refractivity contribution is -0.138. The van der Waals surface area contributed by atoms with Crippen molar-refractivity contribution in [2.45, 2.75) is 58.4 Å². The molecule has 0 spiro atoms. The van der Waals surface area contributed by atoms with Crippen molar-refractivity contribution in [3.8, 4) is 11.1 Å². The molecule has 188 valence electrons. The summed E-state index contributed by atoms with van der Waals surface area (Å²) in [7, 11) is 0. The van der Waals surface area contributed by atoms with Crippen LogP contribution in [0.2, 0.25) is 0 Å². The van der Waals surface area contributed by atoms with E-state index in [2.05, 4.69) is 34.9 Å². The number of carbonyl (C=O) groups excluding carboxylic acids is 2. The van der Waals surface area contributed by atoms with Gasteiger partial charge in [-0.3, -0.25) is 9.59 Å². The van der Waals surface area contributed by atoms with Crippen molar-refractivity contribution in [3.05, 3.63) is 59.7 Å². The number of carboxylic acids is 1. The van der Waals surface area contributed by atoms with Gasteiger partial charge in [0.05, 0.1) is 6.42 Å². The van der Waals surface area contributed by atoms with Crippen molar-refractivity contribution in [1.82, 2.24) is 10.6 Å². The maximum absolute atomic E-state index is 12.9. The SMILES string of the molecule is CCCC[C@H](NC(=O)OCC1c2ccccc2-c2ccccc21)C(=O)NCC(CC(=O)O)C(C)C. The first kappa shape index (κ1) is 26.3. The topological polar surface area (TPSA) is 105 Å². The molecule has 0 aromatic heterocycles. The fourth-order valence-electron chi connectivity index (χ4n) is 4.58. The second-order valence-corrected chi connectivity index (χ2v) is 9.51. The van der Waals surface area contributed by atoms with Gasteiger partial charge in [0.25, 0.3) is 0 Å². The average molecular weight is 481 g/mol. The molecule has 2 amide bonds. The van der Waals surface area contributed by atoms with Crippen LogP contribution in [0, 0.1) is 11.8 Å². The number of fused-ring (bicyclic) bond motifs is 3. The van der Waals surface area contributed by atoms with Gasteiger partial charge in [-0.1, -0.05) is 82.1 Å². The molecule has 35 heavy (non-hydrogen) atoms. The number of hydrogen-bond acceptors (Lipinski definition) is 4. The van der Waals surface area contributed by atoms with Gasteiger partial charge in [-0.25, -0.2) is 4.79 Å². The summed E-state index contributed by atoms with van der Waals surface area (Å²) >= 11 is 0. The Hall–Kier alpha value is -3.35. The maximum atomic E-state index is 12.9. The molecule has 3 rings (SSSR count). The summed E-state index contributed by atoms with van der Waals surface area (Å²) in [6, 6.07) is 15.5. The largest absolute Gasteiger partial charge is 0.481 e. The van der Waals surface area contributed by atoms with Crippen LogP contribution in [-0.4, -0.2) is 42.3 Å². The first-order valence-corrected chi connectivity index (χ1v) is 12.4. The van der Waals surface area contributed by atoms with E-state index in [1.165, 1.54) is 0 Å². The lowest BCUT2D eigenvalue weighted by atomic mass is 9.92. The highest BCUT2D eigenvalue weighted by molar-refractivity contribution is 5.85. The third kappa shape index (κ3) is 6.84. The van der Waals surface area contributed by atoms with Crippen molar-refractivity contribution >= 4 is 18.0 Å². The molecule has 0 fully saturated rings. The highest BCUT2D eigenvalue weighted by atomic mass is 16.5. The van der Waals surface area contributed by atoms with Crippen LogP contribution in [-0.2, 0) is 14.3 Å². The van der Waals surface area contributed by atoms with Gasteiger partial charge in [0.2, 0.25) is 5.91 Å². The van der Waals surface area contributed by atoms with E-state index in [0.29, 0.717) is 6.42 Å². The van der Waals surface area contributed by atoms with Gasteiger partial charge in [0, 0.05) is 12.5 Å². The summed E-state index contributed by atoms with van der Waals surface area (Å²) in [5.41, 5.74) is 4.55. The monoisotopic (exact) mass is 480 g/mol. The molecule has 2 aromatic rings. The third-order valence-electron chi connectivity index (χ3n) is 6.72. The zero-order valence-corrected chi connectivity index (χ0v) is 20.8. The minimum Gasteiger partial charge on any atom is -0.481 e. The van der Waals surface area contributed by atoms with Crippen LogP contribution in [0.5, 0.6) is 0 Å². The number of unbranched alkanes of at least 4 members (excludes halogenated alkanes) is 1. The lowest BCUT2D eigenvalue weighted by Gasteiger charge is -2.23. The quantitative estimate of drug-likeness (QED) is 0.399. The summed E-state index contributed by atoms with van der Waals surface area (Å²) in [5.74, 6) is -1.34. The molecule has 7 nitrogen and oxygen atoms in total. The van der Waals surface area contributed by atoms with Crippen molar-refractivity contribution < 1.29 is 24.2 Å². The van der Waals surface area contributed by atoms with E-state index in [9.17, 15) is 14.4 Å². The van der Waals surface area contributed by atoms with Crippen molar-refractivity contribution in [1.29, 1.82) is 0 Å². The summed E-state index contributed by atoms with van der Waals surface area (Å²) in [6.07, 6.45) is 1.48. The van der Waals surface area contributed by atoms with Crippen LogP contribution in [0.3, 0.4) is 0 Å². The van der Waals surface area contributed by atoms with E-state index in [1.54, 1.807) is 0 Å². The molecule has 2 atom stereocenters. The Bertz CT molecular complexity index is 990. The van der Waals surface area contributed by atoms with Gasteiger partial charge in [0.1, 0.15) is 12.6 Å². The van der Waals surface area contributed by atoms with Crippen LogP contribution in [0.15, 0.2) is 48.5 Å². The van der Waals surface area contributed by atoms with E-state index in [-0.39, 0.29) is 43.2 Å². The Morgan fingerprint density at radius 3 is 2.14 bits per heavy atom. The maximum Gasteiger partial charge on any atom is 0.407 e. The fourth-order valence-corrected chi connectivity index (χ4v) is 4.58. The van der Waals surface area contributed by atoms with Gasteiger partial charge >= 0.3 is 12.1 Å². The minimum atomic E-state index is -0.891. The van der Waals surface area contributed by atoms with E-state index in [4.69, 9.17) is 9.84 Å². The minimum absolute atomic E-state index is 0.0165. The molecule has 7 heteroatoms. The Labute approximate surface area is 207 Å². The van der Waals surface area contributed by atoms with Crippen LogP contribution in [0.25, 0.3) is 11.1 Å². The van der Waals surface area contributed by atoms with Gasteiger partial charge in [-0.05, 0) is 40.5 Å².